The third kappa shape index (κ3) is 6.26. The van der Waals surface area contributed by atoms with Crippen molar-refractivity contribution in [1.29, 1.82) is 0 Å². The van der Waals surface area contributed by atoms with Gasteiger partial charge < -0.3 is 5.73 Å². The molecule has 0 amide bonds. The number of nitrogens with two attached hydrogens (primary N) is 1. The molecule has 31 heavy (non-hydrogen) atoms. The zero-order valence-electron chi connectivity index (χ0n) is 17.9. The highest BCUT2D eigenvalue weighted by atomic mass is 35.5. The highest BCUT2D eigenvalue weighted by molar-refractivity contribution is 8.03. The maximum absolute atomic E-state index is 14.6. The van der Waals surface area contributed by atoms with E-state index >= 15 is 0 Å². The summed E-state index contributed by atoms with van der Waals surface area (Å²) in [6, 6.07) is 12.4. The second kappa shape index (κ2) is 12.4. The summed E-state index contributed by atoms with van der Waals surface area (Å²) >= 11 is 7.51. The molecule has 2 aliphatic rings. The number of aldehydes is 1. The van der Waals surface area contributed by atoms with Gasteiger partial charge in [-0.15, -0.1) is 0 Å². The van der Waals surface area contributed by atoms with Gasteiger partial charge in [0.15, 0.2) is 0 Å². The summed E-state index contributed by atoms with van der Waals surface area (Å²) in [6.07, 6.45) is 6.95. The van der Waals surface area contributed by atoms with E-state index in [0.717, 1.165) is 28.2 Å². The lowest BCUT2D eigenvalue weighted by atomic mass is 10.0. The zero-order chi connectivity index (χ0) is 22.8. The molecule has 1 heterocycles. The maximum atomic E-state index is 14.6. The van der Waals surface area contributed by atoms with Crippen molar-refractivity contribution in [2.45, 2.75) is 32.1 Å². The first-order valence-electron chi connectivity index (χ1n) is 10.1. The van der Waals surface area contributed by atoms with Crippen LogP contribution in [0, 0.1) is 5.82 Å². The summed E-state index contributed by atoms with van der Waals surface area (Å²) in [7, 11) is 0. The minimum absolute atomic E-state index is 0.338. The van der Waals surface area contributed by atoms with Gasteiger partial charge >= 0.3 is 0 Å². The molecule has 2 N–H and O–H groups in total. The van der Waals surface area contributed by atoms with Gasteiger partial charge in [0.1, 0.15) is 12.1 Å². The second-order valence-corrected chi connectivity index (χ2v) is 7.84. The van der Waals surface area contributed by atoms with Crippen molar-refractivity contribution >= 4 is 35.4 Å². The summed E-state index contributed by atoms with van der Waals surface area (Å²) in [6.45, 7) is 6.65. The maximum Gasteiger partial charge on any atom is 0.150 e. The van der Waals surface area contributed by atoms with E-state index in [0.29, 0.717) is 34.0 Å². The Labute approximate surface area is 192 Å². The summed E-state index contributed by atoms with van der Waals surface area (Å²) in [5.74, 6) is -0.425. The fourth-order valence-corrected chi connectivity index (χ4v) is 4.14. The molecule has 2 aromatic carbocycles. The normalized spacial score (nSPS) is 14.3. The number of carbonyl (C=O) groups excluding carboxylic acids is 1. The molecule has 1 aliphatic carbocycles. The van der Waals surface area contributed by atoms with Crippen LogP contribution < -0.4 is 5.73 Å². The van der Waals surface area contributed by atoms with E-state index in [1.54, 1.807) is 36.0 Å². The van der Waals surface area contributed by atoms with Crippen molar-refractivity contribution in [3.8, 4) is 0 Å². The SMILES string of the molecule is CC.CCN.O=CC1=CC2=C(CC=C1)Sc1ccccc1C(c1ccc(Cl)cc1F)=N2. The Morgan fingerprint density at radius 2 is 1.90 bits per heavy atom. The number of thioether (sulfide) groups is 1. The Morgan fingerprint density at radius 3 is 2.58 bits per heavy atom. The first-order chi connectivity index (χ1) is 15.1. The number of benzene rings is 2. The predicted molar refractivity (Wildman–Crippen MR) is 130 cm³/mol. The lowest BCUT2D eigenvalue weighted by molar-refractivity contribution is -0.104. The van der Waals surface area contributed by atoms with Gasteiger partial charge in [-0.1, -0.05) is 74.5 Å². The summed E-state index contributed by atoms with van der Waals surface area (Å²) in [5, 5.41) is 0.338. The quantitative estimate of drug-likeness (QED) is 0.511. The van der Waals surface area contributed by atoms with Crippen LogP contribution in [0.1, 0.15) is 38.3 Å². The fraction of sp³-hybridized carbons (Fsp3) is 0.200. The van der Waals surface area contributed by atoms with Crippen LogP contribution in [-0.2, 0) is 4.79 Å². The molecule has 3 nitrogen and oxygen atoms in total. The highest BCUT2D eigenvalue weighted by Crippen LogP contribution is 2.40. The van der Waals surface area contributed by atoms with Crippen LogP contribution in [0.4, 0.5) is 4.39 Å². The lowest BCUT2D eigenvalue weighted by Crippen LogP contribution is -2.07. The molecule has 6 heteroatoms. The third-order valence-corrected chi connectivity index (χ3v) is 5.57. The Morgan fingerprint density at radius 1 is 1.19 bits per heavy atom. The van der Waals surface area contributed by atoms with E-state index in [-0.39, 0.29) is 0 Å². The Bertz CT molecular complexity index is 1060. The van der Waals surface area contributed by atoms with E-state index in [1.807, 2.05) is 51.1 Å². The van der Waals surface area contributed by atoms with Crippen molar-refractivity contribution in [2.24, 2.45) is 10.7 Å². The number of allylic oxidation sites excluding steroid dienone is 5. The standard InChI is InChI=1S/C21H13ClFNOS.C2H7N.C2H6/c22-14-8-9-15(17(23)11-14)21-16-5-1-2-6-19(16)26-20-7-3-4-13(12-25)10-18(20)24-21;1-2-3;1-2/h1-6,8-12H,7H2;2-3H2,1H3;1-2H3. The second-order valence-electron chi connectivity index (χ2n) is 6.27. The Balaban J connectivity index is 0.000000630. The van der Waals surface area contributed by atoms with Gasteiger partial charge in [-0.2, -0.15) is 0 Å². The first-order valence-corrected chi connectivity index (χ1v) is 11.3. The first kappa shape index (κ1) is 24.8. The molecule has 0 spiro atoms. The van der Waals surface area contributed by atoms with Crippen LogP contribution in [0.3, 0.4) is 0 Å². The number of fused-ring (bicyclic) bond motifs is 1. The fourth-order valence-electron chi connectivity index (χ4n) is 2.91. The molecule has 0 radical (unpaired) electrons. The van der Waals surface area contributed by atoms with Crippen LogP contribution in [0.15, 0.2) is 86.8 Å². The van der Waals surface area contributed by atoms with Gasteiger partial charge in [-0.05, 0) is 43.3 Å². The largest absolute Gasteiger partial charge is 0.331 e. The van der Waals surface area contributed by atoms with Crippen LogP contribution >= 0.6 is 23.4 Å². The number of hydrogen-bond acceptors (Lipinski definition) is 4. The number of carbonyl (C=O) groups is 1. The van der Waals surface area contributed by atoms with Crippen LogP contribution in [0.5, 0.6) is 0 Å². The Hall–Kier alpha value is -2.47. The van der Waals surface area contributed by atoms with Gasteiger partial charge in [0.05, 0.1) is 11.4 Å². The minimum atomic E-state index is -0.425. The smallest absolute Gasteiger partial charge is 0.150 e. The molecule has 162 valence electrons. The van der Waals surface area contributed by atoms with Crippen molar-refractivity contribution in [1.82, 2.24) is 0 Å². The minimum Gasteiger partial charge on any atom is -0.331 e. The number of aliphatic imine (C=N–C) groups is 1. The van der Waals surface area contributed by atoms with Gasteiger partial charge in [0, 0.05) is 31.5 Å². The number of rotatable bonds is 2. The third-order valence-electron chi connectivity index (χ3n) is 4.13. The molecule has 0 unspecified atom stereocenters. The van der Waals surface area contributed by atoms with E-state index in [1.165, 1.54) is 6.07 Å². The van der Waals surface area contributed by atoms with Crippen molar-refractivity contribution < 1.29 is 9.18 Å². The molecule has 0 saturated heterocycles. The molecule has 0 atom stereocenters. The van der Waals surface area contributed by atoms with E-state index in [4.69, 9.17) is 22.3 Å². The predicted octanol–water partition coefficient (Wildman–Crippen LogP) is 6.71. The summed E-state index contributed by atoms with van der Waals surface area (Å²) in [4.78, 5) is 18.1. The number of hydrogen-bond donors (Lipinski definition) is 1. The molecular weight excluding hydrogens is 431 g/mol. The van der Waals surface area contributed by atoms with E-state index < -0.39 is 5.82 Å². The van der Waals surface area contributed by atoms with Crippen molar-refractivity contribution in [3.05, 3.63) is 98.8 Å². The Kier molecular flexibility index (Phi) is 9.92. The molecule has 2 aromatic rings. The number of halogens is 2. The van der Waals surface area contributed by atoms with E-state index in [2.05, 4.69) is 0 Å². The van der Waals surface area contributed by atoms with Crippen molar-refractivity contribution in [3.63, 3.8) is 0 Å². The molecule has 0 bridgehead atoms. The number of nitrogens with zero attached hydrogens (tertiary/aromatic N) is 1. The van der Waals surface area contributed by atoms with Gasteiger partial charge in [-0.3, -0.25) is 4.79 Å². The molecule has 4 rings (SSSR count). The van der Waals surface area contributed by atoms with E-state index in [9.17, 15) is 9.18 Å². The molecule has 0 saturated carbocycles. The topological polar surface area (TPSA) is 55.5 Å². The molecule has 0 aromatic heterocycles. The van der Waals surface area contributed by atoms with Crippen LogP contribution in [0.25, 0.3) is 0 Å². The monoisotopic (exact) mass is 456 g/mol. The molecular formula is C25H26ClFN2OS. The van der Waals surface area contributed by atoms with Gasteiger partial charge in [0.25, 0.3) is 0 Å². The van der Waals surface area contributed by atoms with Gasteiger partial charge in [0.2, 0.25) is 0 Å². The molecule has 1 aliphatic heterocycles. The van der Waals surface area contributed by atoms with Crippen LogP contribution in [-0.4, -0.2) is 18.5 Å². The average Bonchev–Trinajstić information content (AvgIpc) is 3.05. The van der Waals surface area contributed by atoms with Gasteiger partial charge in [-0.25, -0.2) is 9.38 Å². The van der Waals surface area contributed by atoms with Crippen molar-refractivity contribution in [2.75, 3.05) is 6.54 Å². The summed E-state index contributed by atoms with van der Waals surface area (Å²) in [5.41, 5.74) is 7.85. The zero-order valence-corrected chi connectivity index (χ0v) is 19.4. The highest BCUT2D eigenvalue weighted by Gasteiger charge is 2.22. The van der Waals surface area contributed by atoms with Crippen LogP contribution in [0.2, 0.25) is 5.02 Å². The lowest BCUT2D eigenvalue weighted by Gasteiger charge is -2.10. The average molecular weight is 457 g/mol. The summed E-state index contributed by atoms with van der Waals surface area (Å²) < 4.78 is 14.6. The molecule has 0 fully saturated rings.